The monoisotopic (exact) mass is 851 g/mol. The number of unbranched alkanes of at least 4 members (excludes halogenated alkanes) is 23. The predicted octanol–water partition coefficient (Wildman–Crippen LogP) is 16.6. The summed E-state index contributed by atoms with van der Waals surface area (Å²) in [4.78, 5) is 37.8. The van der Waals surface area contributed by atoms with E-state index in [1.54, 1.807) is 6.08 Å². The van der Waals surface area contributed by atoms with E-state index < -0.39 is 12.1 Å². The van der Waals surface area contributed by atoms with Gasteiger partial charge in [0.05, 0.1) is 6.42 Å². The zero-order valence-electron chi connectivity index (χ0n) is 39.9. The Hall–Kier alpha value is -3.15. The van der Waals surface area contributed by atoms with Crippen molar-refractivity contribution in [3.63, 3.8) is 0 Å². The molecule has 0 rings (SSSR count). The molecule has 0 saturated heterocycles. The maximum absolute atomic E-state index is 12.7. The predicted molar refractivity (Wildman–Crippen MR) is 261 cm³/mol. The maximum atomic E-state index is 12.7. The van der Waals surface area contributed by atoms with Crippen LogP contribution < -0.4 is 0 Å². The second-order valence-electron chi connectivity index (χ2n) is 16.7. The van der Waals surface area contributed by atoms with Gasteiger partial charge in [-0.15, -0.1) is 0 Å². The van der Waals surface area contributed by atoms with Gasteiger partial charge in [0.2, 0.25) is 0 Å². The van der Waals surface area contributed by atoms with Gasteiger partial charge in [0.15, 0.2) is 6.10 Å². The van der Waals surface area contributed by atoms with Crippen molar-refractivity contribution >= 4 is 17.9 Å². The molecule has 6 heteroatoms. The molecule has 0 aliphatic carbocycles. The summed E-state index contributed by atoms with van der Waals surface area (Å²) in [7, 11) is 0. The van der Waals surface area contributed by atoms with Crippen molar-refractivity contribution in [2.75, 3.05) is 13.2 Å². The lowest BCUT2D eigenvalue weighted by atomic mass is 10.1. The molecule has 0 aliphatic rings. The fourth-order valence-corrected chi connectivity index (χ4v) is 6.92. The third-order valence-electron chi connectivity index (χ3n) is 10.7. The van der Waals surface area contributed by atoms with Crippen LogP contribution in [0.4, 0.5) is 0 Å². The second-order valence-corrected chi connectivity index (χ2v) is 16.7. The molecule has 0 heterocycles. The smallest absolute Gasteiger partial charge is 0.310 e. The van der Waals surface area contributed by atoms with Crippen LogP contribution in [0.5, 0.6) is 0 Å². The minimum Gasteiger partial charge on any atom is -0.462 e. The van der Waals surface area contributed by atoms with E-state index in [0.717, 1.165) is 70.6 Å². The Morgan fingerprint density at radius 1 is 0.361 bits per heavy atom. The van der Waals surface area contributed by atoms with E-state index >= 15 is 0 Å². The Morgan fingerprint density at radius 3 is 1.07 bits per heavy atom. The van der Waals surface area contributed by atoms with Crippen molar-refractivity contribution in [3.8, 4) is 0 Å². The van der Waals surface area contributed by atoms with E-state index in [1.807, 2.05) is 6.08 Å². The maximum Gasteiger partial charge on any atom is 0.310 e. The highest BCUT2D eigenvalue weighted by Crippen LogP contribution is 2.14. The van der Waals surface area contributed by atoms with Gasteiger partial charge in [-0.3, -0.25) is 14.4 Å². The number of carbonyl (C=O) groups is 3. The zero-order chi connectivity index (χ0) is 44.4. The van der Waals surface area contributed by atoms with Crippen LogP contribution >= 0.6 is 0 Å². The number of carbonyl (C=O) groups excluding carboxylic acids is 3. The molecule has 0 saturated carbocycles. The molecular weight excluding hydrogens is 757 g/mol. The summed E-state index contributed by atoms with van der Waals surface area (Å²) >= 11 is 0. The number of ether oxygens (including phenoxy) is 3. The minimum absolute atomic E-state index is 0.0983. The van der Waals surface area contributed by atoms with E-state index in [9.17, 15) is 14.4 Å². The lowest BCUT2D eigenvalue weighted by Gasteiger charge is -2.18. The van der Waals surface area contributed by atoms with Gasteiger partial charge in [0.25, 0.3) is 0 Å². The average molecular weight is 851 g/mol. The number of esters is 3. The lowest BCUT2D eigenvalue weighted by molar-refractivity contribution is -0.166. The van der Waals surface area contributed by atoms with Crippen LogP contribution in [-0.4, -0.2) is 37.2 Å². The Morgan fingerprint density at radius 2 is 0.689 bits per heavy atom. The minimum atomic E-state index is -0.826. The van der Waals surface area contributed by atoms with Gasteiger partial charge in [-0.05, 0) is 70.6 Å². The molecule has 0 amide bonds. The van der Waals surface area contributed by atoms with Crippen LogP contribution in [0.2, 0.25) is 0 Å². The third kappa shape index (κ3) is 47.7. The summed E-state index contributed by atoms with van der Waals surface area (Å²) in [6.45, 7) is 6.41. The van der Waals surface area contributed by atoms with E-state index in [1.165, 1.54) is 128 Å². The summed E-state index contributed by atoms with van der Waals surface area (Å²) in [6, 6.07) is 0. The molecule has 0 fully saturated rings. The zero-order valence-corrected chi connectivity index (χ0v) is 39.9. The molecule has 0 aliphatic heterocycles. The van der Waals surface area contributed by atoms with Gasteiger partial charge in [-0.25, -0.2) is 0 Å². The molecule has 0 bridgehead atoms. The van der Waals surface area contributed by atoms with Crippen LogP contribution in [0.15, 0.2) is 72.9 Å². The molecule has 0 radical (unpaired) electrons. The Bertz CT molecular complexity index is 1160. The first-order valence-electron chi connectivity index (χ1n) is 25.4. The number of rotatable bonds is 45. The van der Waals surface area contributed by atoms with Crippen LogP contribution in [0.1, 0.15) is 239 Å². The van der Waals surface area contributed by atoms with E-state index in [4.69, 9.17) is 14.2 Å². The third-order valence-corrected chi connectivity index (χ3v) is 10.7. The fraction of sp³-hybridized carbons (Fsp3) is 0.727. The molecule has 350 valence electrons. The van der Waals surface area contributed by atoms with Crippen molar-refractivity contribution in [3.05, 3.63) is 72.9 Å². The number of allylic oxidation sites excluding steroid dienone is 11. The van der Waals surface area contributed by atoms with E-state index in [2.05, 4.69) is 81.5 Å². The highest BCUT2D eigenvalue weighted by atomic mass is 16.6. The van der Waals surface area contributed by atoms with Gasteiger partial charge in [0, 0.05) is 12.8 Å². The van der Waals surface area contributed by atoms with E-state index in [-0.39, 0.29) is 31.6 Å². The SMILES string of the molecule is CC/C=C\C/C=C\C/C=C\C/C=C\C/C=C\CC(=O)OC(COC(=O)CCCCCCCCCCC)COC(=O)CCCCCCCCCCC/C=C\CCCCCCCC. The van der Waals surface area contributed by atoms with Gasteiger partial charge in [0.1, 0.15) is 13.2 Å². The first-order chi connectivity index (χ1) is 30.0. The molecule has 1 atom stereocenters. The van der Waals surface area contributed by atoms with Gasteiger partial charge in [-0.2, -0.15) is 0 Å². The first kappa shape index (κ1) is 57.9. The molecular formula is C55H94O6. The fourth-order valence-electron chi connectivity index (χ4n) is 6.92. The largest absolute Gasteiger partial charge is 0.462 e. The summed E-state index contributed by atoms with van der Waals surface area (Å²) in [5.74, 6) is -1.05. The molecule has 61 heavy (non-hydrogen) atoms. The van der Waals surface area contributed by atoms with Gasteiger partial charge in [-0.1, -0.05) is 222 Å². The number of hydrogen-bond acceptors (Lipinski definition) is 6. The van der Waals surface area contributed by atoms with Crippen molar-refractivity contribution < 1.29 is 28.6 Å². The van der Waals surface area contributed by atoms with E-state index in [0.29, 0.717) is 12.8 Å². The van der Waals surface area contributed by atoms with Crippen molar-refractivity contribution in [1.82, 2.24) is 0 Å². The van der Waals surface area contributed by atoms with Gasteiger partial charge < -0.3 is 14.2 Å². The molecule has 0 spiro atoms. The van der Waals surface area contributed by atoms with Crippen LogP contribution in [0, 0.1) is 0 Å². The normalized spacial score (nSPS) is 12.6. The molecule has 0 aromatic carbocycles. The summed E-state index contributed by atoms with van der Waals surface area (Å²) < 4.78 is 16.6. The lowest BCUT2D eigenvalue weighted by Crippen LogP contribution is -2.30. The Labute approximate surface area is 376 Å². The Kier molecular flexibility index (Phi) is 46.9. The molecule has 6 nitrogen and oxygen atoms in total. The van der Waals surface area contributed by atoms with Crippen molar-refractivity contribution in [1.29, 1.82) is 0 Å². The van der Waals surface area contributed by atoms with Crippen LogP contribution in [-0.2, 0) is 28.6 Å². The molecule has 1 unspecified atom stereocenters. The molecule has 0 aromatic rings. The standard InChI is InChI=1S/C55H94O6/c1-4-7-10-13-16-19-21-23-25-26-27-28-30-31-33-36-39-42-45-48-54(57)60-51-52(50-59-53(56)47-44-41-38-35-18-15-12-9-6-3)61-55(58)49-46-43-40-37-34-32-29-24-22-20-17-14-11-8-5-2/h8,11,17,20,23-25,29,34,37,43,46,52H,4-7,9-10,12-16,18-19,21-22,26-28,30-33,35-36,38-42,44-45,47-51H2,1-3H3/b11-8-,20-17-,25-23-,29-24-,37-34-,46-43-. The number of hydrogen-bond donors (Lipinski definition) is 0. The van der Waals surface area contributed by atoms with Crippen molar-refractivity contribution in [2.45, 2.75) is 245 Å². The molecule has 0 aromatic heterocycles. The summed E-state index contributed by atoms with van der Waals surface area (Å²) in [5, 5.41) is 0. The summed E-state index contributed by atoms with van der Waals surface area (Å²) in [5.41, 5.74) is 0. The Balaban J connectivity index is 4.41. The average Bonchev–Trinajstić information content (AvgIpc) is 3.26. The van der Waals surface area contributed by atoms with Gasteiger partial charge >= 0.3 is 17.9 Å². The topological polar surface area (TPSA) is 78.9 Å². The molecule has 0 N–H and O–H groups in total. The summed E-state index contributed by atoms with van der Waals surface area (Å²) in [6.07, 6.45) is 62.0. The van der Waals surface area contributed by atoms with Crippen LogP contribution in [0.25, 0.3) is 0 Å². The second kappa shape index (κ2) is 49.5. The highest BCUT2D eigenvalue weighted by Gasteiger charge is 2.19. The quantitative estimate of drug-likeness (QED) is 0.0263. The van der Waals surface area contributed by atoms with Crippen molar-refractivity contribution in [2.24, 2.45) is 0 Å². The first-order valence-corrected chi connectivity index (χ1v) is 25.4. The highest BCUT2D eigenvalue weighted by molar-refractivity contribution is 5.72. The van der Waals surface area contributed by atoms with Crippen LogP contribution in [0.3, 0.4) is 0 Å².